The molecule has 1 rings (SSSR count). The second-order valence-corrected chi connectivity index (χ2v) is 5.06. The Kier molecular flexibility index (Phi) is 5.60. The van der Waals surface area contributed by atoms with Crippen molar-refractivity contribution in [3.8, 4) is 0 Å². The van der Waals surface area contributed by atoms with E-state index in [1.54, 1.807) is 0 Å². The van der Waals surface area contributed by atoms with Gasteiger partial charge in [-0.2, -0.15) is 0 Å². The van der Waals surface area contributed by atoms with E-state index in [9.17, 15) is 0 Å². The molecule has 1 aromatic rings. The van der Waals surface area contributed by atoms with Crippen molar-refractivity contribution in [2.45, 2.75) is 18.2 Å². The van der Waals surface area contributed by atoms with Gasteiger partial charge < -0.3 is 0 Å². The van der Waals surface area contributed by atoms with Gasteiger partial charge in [-0.1, -0.05) is 59.9 Å². The standard InChI is InChI=1S/C10H11Br3/c11-5-1-2-9-6-8(7-12)3-4-10(9)13/h3-4,6H,1-2,5,7H2. The van der Waals surface area contributed by atoms with E-state index in [1.807, 2.05) is 0 Å². The Balaban J connectivity index is 2.78. The topological polar surface area (TPSA) is 0 Å². The molecule has 0 heterocycles. The van der Waals surface area contributed by atoms with E-state index < -0.39 is 0 Å². The van der Waals surface area contributed by atoms with Gasteiger partial charge in [-0.15, -0.1) is 0 Å². The maximum absolute atomic E-state index is 3.56. The van der Waals surface area contributed by atoms with Crippen LogP contribution in [0.15, 0.2) is 22.7 Å². The summed E-state index contributed by atoms with van der Waals surface area (Å²) in [5.74, 6) is 0. The lowest BCUT2D eigenvalue weighted by Crippen LogP contribution is -1.90. The summed E-state index contributed by atoms with van der Waals surface area (Å²) in [7, 11) is 0. The maximum atomic E-state index is 3.56. The third kappa shape index (κ3) is 3.72. The molecule has 0 nitrogen and oxygen atoms in total. The van der Waals surface area contributed by atoms with Crippen LogP contribution in [0.25, 0.3) is 0 Å². The molecule has 72 valence electrons. The van der Waals surface area contributed by atoms with E-state index in [1.165, 1.54) is 22.0 Å². The molecule has 0 aliphatic carbocycles. The van der Waals surface area contributed by atoms with E-state index in [4.69, 9.17) is 0 Å². The van der Waals surface area contributed by atoms with Gasteiger partial charge in [0, 0.05) is 15.1 Å². The van der Waals surface area contributed by atoms with Gasteiger partial charge in [0.2, 0.25) is 0 Å². The van der Waals surface area contributed by atoms with Crippen LogP contribution in [0.1, 0.15) is 17.5 Å². The zero-order chi connectivity index (χ0) is 9.68. The molecule has 0 unspecified atom stereocenters. The number of alkyl halides is 2. The highest BCUT2D eigenvalue weighted by atomic mass is 79.9. The maximum Gasteiger partial charge on any atom is 0.0283 e. The van der Waals surface area contributed by atoms with Crippen LogP contribution in [0.4, 0.5) is 0 Å². The Hall–Kier alpha value is 0.660. The normalized spacial score (nSPS) is 10.4. The highest BCUT2D eigenvalue weighted by Gasteiger charge is 2.00. The molecule has 0 fully saturated rings. The van der Waals surface area contributed by atoms with Gasteiger partial charge in [-0.3, -0.25) is 0 Å². The van der Waals surface area contributed by atoms with Crippen LogP contribution in [-0.4, -0.2) is 5.33 Å². The second-order valence-electron chi connectivity index (χ2n) is 2.85. The predicted molar refractivity (Wildman–Crippen MR) is 68.9 cm³/mol. The molecule has 0 aliphatic heterocycles. The average Bonchev–Trinajstić information content (AvgIpc) is 2.17. The fourth-order valence-corrected chi connectivity index (χ4v) is 2.23. The summed E-state index contributed by atoms with van der Waals surface area (Å²) in [6.07, 6.45) is 2.32. The summed E-state index contributed by atoms with van der Waals surface area (Å²) in [6, 6.07) is 6.51. The Morgan fingerprint density at radius 2 is 1.92 bits per heavy atom. The molecule has 0 saturated heterocycles. The second kappa shape index (κ2) is 6.20. The van der Waals surface area contributed by atoms with Crippen molar-refractivity contribution in [1.82, 2.24) is 0 Å². The summed E-state index contributed by atoms with van der Waals surface area (Å²) in [5, 5.41) is 2.00. The number of rotatable bonds is 4. The third-order valence-corrected chi connectivity index (χ3v) is 3.83. The van der Waals surface area contributed by atoms with E-state index in [0.29, 0.717) is 0 Å². The number of halogens is 3. The van der Waals surface area contributed by atoms with Crippen LogP contribution in [0.2, 0.25) is 0 Å². The summed E-state index contributed by atoms with van der Waals surface area (Å²) >= 11 is 10.5. The number of aryl methyl sites for hydroxylation is 1. The van der Waals surface area contributed by atoms with E-state index in [-0.39, 0.29) is 0 Å². The fourth-order valence-electron chi connectivity index (χ4n) is 1.16. The van der Waals surface area contributed by atoms with Crippen LogP contribution in [0, 0.1) is 0 Å². The summed E-state index contributed by atoms with van der Waals surface area (Å²) in [6.45, 7) is 0. The van der Waals surface area contributed by atoms with Crippen molar-refractivity contribution in [3.05, 3.63) is 33.8 Å². The van der Waals surface area contributed by atoms with Gasteiger partial charge in [0.05, 0.1) is 0 Å². The first-order chi connectivity index (χ1) is 6.27. The summed E-state index contributed by atoms with van der Waals surface area (Å²) in [5.41, 5.74) is 2.74. The van der Waals surface area contributed by atoms with Crippen LogP contribution in [0.3, 0.4) is 0 Å². The molecule has 0 aromatic heterocycles. The third-order valence-electron chi connectivity index (χ3n) is 1.84. The Morgan fingerprint density at radius 3 is 2.54 bits per heavy atom. The van der Waals surface area contributed by atoms with Gasteiger partial charge >= 0.3 is 0 Å². The molecular weight excluding hydrogens is 360 g/mol. The molecule has 0 bridgehead atoms. The molecular formula is C10H11Br3. The first kappa shape index (κ1) is 11.7. The van der Waals surface area contributed by atoms with Gasteiger partial charge in [0.1, 0.15) is 0 Å². The molecule has 0 amide bonds. The highest BCUT2D eigenvalue weighted by Crippen LogP contribution is 2.21. The van der Waals surface area contributed by atoms with Crippen LogP contribution >= 0.6 is 47.8 Å². The van der Waals surface area contributed by atoms with E-state index in [2.05, 4.69) is 66.0 Å². The van der Waals surface area contributed by atoms with E-state index >= 15 is 0 Å². The molecule has 3 heteroatoms. The molecule has 1 aromatic carbocycles. The lowest BCUT2D eigenvalue weighted by Gasteiger charge is -2.05. The SMILES string of the molecule is BrCCCc1cc(CBr)ccc1Br. The lowest BCUT2D eigenvalue weighted by molar-refractivity contribution is 0.932. The minimum Gasteiger partial charge on any atom is -0.0928 e. The van der Waals surface area contributed by atoms with Gasteiger partial charge in [0.25, 0.3) is 0 Å². The Morgan fingerprint density at radius 1 is 1.15 bits per heavy atom. The smallest absolute Gasteiger partial charge is 0.0283 e. The first-order valence-electron chi connectivity index (χ1n) is 4.17. The highest BCUT2D eigenvalue weighted by molar-refractivity contribution is 9.10. The quantitative estimate of drug-likeness (QED) is 0.675. The fraction of sp³-hybridized carbons (Fsp3) is 0.400. The Labute approximate surface area is 104 Å². The van der Waals surface area contributed by atoms with Crippen molar-refractivity contribution >= 4 is 47.8 Å². The minimum atomic E-state index is 0.932. The summed E-state index contributed by atoms with van der Waals surface area (Å²) < 4.78 is 1.22. The zero-order valence-corrected chi connectivity index (χ0v) is 12.0. The number of benzene rings is 1. The van der Waals surface area contributed by atoms with E-state index in [0.717, 1.165) is 17.1 Å². The molecule has 0 aliphatic rings. The number of hydrogen-bond donors (Lipinski definition) is 0. The van der Waals surface area contributed by atoms with Crippen molar-refractivity contribution in [3.63, 3.8) is 0 Å². The van der Waals surface area contributed by atoms with Crippen LogP contribution in [0.5, 0.6) is 0 Å². The van der Waals surface area contributed by atoms with Crippen molar-refractivity contribution in [1.29, 1.82) is 0 Å². The molecule has 0 radical (unpaired) electrons. The molecule has 13 heavy (non-hydrogen) atoms. The van der Waals surface area contributed by atoms with Gasteiger partial charge in [-0.05, 0) is 30.0 Å². The predicted octanol–water partition coefficient (Wildman–Crippen LogP) is 4.67. The molecule has 0 N–H and O–H groups in total. The van der Waals surface area contributed by atoms with Crippen LogP contribution in [-0.2, 0) is 11.8 Å². The molecule has 0 spiro atoms. The Bertz CT molecular complexity index is 271. The van der Waals surface area contributed by atoms with Crippen molar-refractivity contribution < 1.29 is 0 Å². The lowest BCUT2D eigenvalue weighted by atomic mass is 10.1. The zero-order valence-electron chi connectivity index (χ0n) is 7.19. The first-order valence-corrected chi connectivity index (χ1v) is 7.20. The largest absolute Gasteiger partial charge is 0.0928 e. The van der Waals surface area contributed by atoms with Crippen LogP contribution < -0.4 is 0 Å². The van der Waals surface area contributed by atoms with Gasteiger partial charge in [-0.25, -0.2) is 0 Å². The molecule has 0 saturated carbocycles. The summed E-state index contributed by atoms with van der Waals surface area (Å²) in [4.78, 5) is 0. The van der Waals surface area contributed by atoms with Crippen molar-refractivity contribution in [2.24, 2.45) is 0 Å². The minimum absolute atomic E-state index is 0.932. The number of hydrogen-bond acceptors (Lipinski definition) is 0. The van der Waals surface area contributed by atoms with Gasteiger partial charge in [0.15, 0.2) is 0 Å². The van der Waals surface area contributed by atoms with Crippen molar-refractivity contribution in [2.75, 3.05) is 5.33 Å². The average molecular weight is 371 g/mol. The monoisotopic (exact) mass is 368 g/mol. The molecule has 0 atom stereocenters.